The Labute approximate surface area is 195 Å². The molecule has 0 aromatic heterocycles. The Hall–Kier alpha value is -2.79. The first-order chi connectivity index (χ1) is 16.0. The van der Waals surface area contributed by atoms with Gasteiger partial charge in [-0.1, -0.05) is 6.92 Å². The Morgan fingerprint density at radius 2 is 2.06 bits per heavy atom. The van der Waals surface area contributed by atoms with Crippen molar-refractivity contribution in [1.29, 1.82) is 5.26 Å². The highest BCUT2D eigenvalue weighted by atomic mass is 16.5. The Morgan fingerprint density at radius 3 is 2.79 bits per heavy atom. The van der Waals surface area contributed by atoms with E-state index in [9.17, 15) is 20.0 Å². The second-order valence-corrected chi connectivity index (χ2v) is 9.62. The minimum Gasteiger partial charge on any atom is -0.449 e. The normalized spacial score (nSPS) is 27.5. The summed E-state index contributed by atoms with van der Waals surface area (Å²) in [4.78, 5) is 29.7. The van der Waals surface area contributed by atoms with Crippen molar-refractivity contribution in [2.24, 2.45) is 5.41 Å². The Balaban J connectivity index is 1.46. The predicted octanol–water partition coefficient (Wildman–Crippen LogP) is 3.64. The van der Waals surface area contributed by atoms with Gasteiger partial charge in [0, 0.05) is 31.4 Å². The molecule has 3 aliphatic rings. The van der Waals surface area contributed by atoms with Crippen LogP contribution in [0.1, 0.15) is 63.9 Å². The number of hydrogen-bond acceptors (Lipinski definition) is 6. The Morgan fingerprint density at radius 1 is 1.27 bits per heavy atom. The van der Waals surface area contributed by atoms with Crippen LogP contribution in [0.25, 0.3) is 0 Å². The van der Waals surface area contributed by atoms with E-state index in [1.807, 2.05) is 13.0 Å². The minimum absolute atomic E-state index is 0.228. The maximum absolute atomic E-state index is 13.6. The third-order valence-corrected chi connectivity index (χ3v) is 7.37. The highest BCUT2D eigenvalue weighted by Gasteiger charge is 2.50. The van der Waals surface area contributed by atoms with Gasteiger partial charge in [-0.2, -0.15) is 5.26 Å². The summed E-state index contributed by atoms with van der Waals surface area (Å²) in [6.45, 7) is 4.45. The zero-order valence-electron chi connectivity index (χ0n) is 19.4. The number of amides is 2. The van der Waals surface area contributed by atoms with Gasteiger partial charge in [-0.05, 0) is 69.6 Å². The molecule has 0 radical (unpaired) electrons. The van der Waals surface area contributed by atoms with Gasteiger partial charge < -0.3 is 19.6 Å². The van der Waals surface area contributed by atoms with E-state index in [1.165, 1.54) is 0 Å². The number of aliphatic hydroxyl groups is 1. The quantitative estimate of drug-likeness (QED) is 0.704. The Kier molecular flexibility index (Phi) is 7.08. The highest BCUT2D eigenvalue weighted by Crippen LogP contribution is 2.44. The van der Waals surface area contributed by atoms with Crippen LogP contribution < -0.4 is 10.2 Å². The second kappa shape index (κ2) is 10.0. The van der Waals surface area contributed by atoms with Gasteiger partial charge in [-0.3, -0.25) is 10.1 Å². The maximum atomic E-state index is 13.6. The van der Waals surface area contributed by atoms with Gasteiger partial charge in [-0.15, -0.1) is 0 Å². The zero-order valence-corrected chi connectivity index (χ0v) is 19.4. The Bertz CT molecular complexity index is 921. The summed E-state index contributed by atoms with van der Waals surface area (Å²) in [5, 5.41) is 22.3. The first kappa shape index (κ1) is 23.4. The van der Waals surface area contributed by atoms with Gasteiger partial charge in [0.05, 0.1) is 29.4 Å². The van der Waals surface area contributed by atoms with Gasteiger partial charge in [-0.25, -0.2) is 4.79 Å². The fraction of sp³-hybridized carbons (Fsp3) is 0.640. The summed E-state index contributed by atoms with van der Waals surface area (Å²) in [7, 11) is 0. The number of ether oxygens (including phenoxy) is 1. The predicted molar refractivity (Wildman–Crippen MR) is 125 cm³/mol. The molecule has 0 unspecified atom stereocenters. The highest BCUT2D eigenvalue weighted by molar-refractivity contribution is 5.87. The van der Waals surface area contributed by atoms with Crippen molar-refractivity contribution in [3.63, 3.8) is 0 Å². The first-order valence-electron chi connectivity index (χ1n) is 12.2. The van der Waals surface area contributed by atoms with Crippen LogP contribution in [0.5, 0.6) is 0 Å². The summed E-state index contributed by atoms with van der Waals surface area (Å²) in [6.07, 6.45) is 5.89. The summed E-state index contributed by atoms with van der Waals surface area (Å²) in [5.41, 5.74) is 1.40. The number of carbonyl (C=O) groups is 2. The van der Waals surface area contributed by atoms with Crippen LogP contribution in [-0.2, 0) is 9.53 Å². The van der Waals surface area contributed by atoms with Gasteiger partial charge in [0.2, 0.25) is 5.91 Å². The van der Waals surface area contributed by atoms with E-state index in [-0.39, 0.29) is 18.1 Å². The number of nitrogens with one attached hydrogen (secondary N) is 1. The van der Waals surface area contributed by atoms with Crippen molar-refractivity contribution in [3.8, 4) is 6.07 Å². The van der Waals surface area contributed by atoms with E-state index < -0.39 is 11.5 Å². The lowest BCUT2D eigenvalue weighted by Crippen LogP contribution is -2.50. The number of nitrogens with zero attached hydrogens (tertiary/aromatic N) is 3. The van der Waals surface area contributed by atoms with Crippen molar-refractivity contribution in [1.82, 2.24) is 4.90 Å². The molecule has 1 spiro atoms. The average Bonchev–Trinajstić information content (AvgIpc) is 3.13. The molecule has 1 aliphatic carbocycles. The van der Waals surface area contributed by atoms with Crippen LogP contribution in [0, 0.1) is 16.7 Å². The number of rotatable bonds is 5. The average molecular weight is 455 g/mol. The van der Waals surface area contributed by atoms with Crippen molar-refractivity contribution in [2.75, 3.05) is 36.5 Å². The lowest BCUT2D eigenvalue weighted by molar-refractivity contribution is -0.139. The number of aliphatic hydroxyl groups excluding tert-OH is 1. The molecule has 1 saturated carbocycles. The number of anilines is 2. The molecule has 2 amide bonds. The van der Waals surface area contributed by atoms with E-state index in [2.05, 4.69) is 21.2 Å². The largest absolute Gasteiger partial charge is 0.449 e. The lowest BCUT2D eigenvalue weighted by Gasteiger charge is -2.41. The fourth-order valence-corrected chi connectivity index (χ4v) is 5.61. The van der Waals surface area contributed by atoms with Crippen LogP contribution in [-0.4, -0.2) is 60.4 Å². The van der Waals surface area contributed by atoms with E-state index in [0.29, 0.717) is 24.4 Å². The molecular weight excluding hydrogens is 420 g/mol. The number of likely N-dealkylation sites (tertiary alicyclic amines) is 1. The number of benzene rings is 1. The van der Waals surface area contributed by atoms with Gasteiger partial charge in [0.15, 0.2) is 0 Å². The van der Waals surface area contributed by atoms with E-state index in [1.54, 1.807) is 12.1 Å². The lowest BCUT2D eigenvalue weighted by atomic mass is 9.78. The van der Waals surface area contributed by atoms with E-state index >= 15 is 0 Å². The van der Waals surface area contributed by atoms with Gasteiger partial charge >= 0.3 is 6.09 Å². The number of carbonyl (C=O) groups excluding carboxylic acids is 2. The van der Waals surface area contributed by atoms with E-state index in [4.69, 9.17) is 4.74 Å². The summed E-state index contributed by atoms with van der Waals surface area (Å²) in [6, 6.07) is 7.79. The third-order valence-electron chi connectivity index (χ3n) is 7.37. The van der Waals surface area contributed by atoms with Gasteiger partial charge in [0.25, 0.3) is 0 Å². The van der Waals surface area contributed by atoms with Crippen LogP contribution in [0.2, 0.25) is 0 Å². The van der Waals surface area contributed by atoms with Crippen LogP contribution in [0.4, 0.5) is 16.2 Å². The van der Waals surface area contributed by atoms with Crippen molar-refractivity contribution in [2.45, 2.75) is 70.4 Å². The standard InChI is InChI=1S/C25H34N4O4/c1-2-14-33-24(32)27-19-4-9-22(18(15-19)16-26)28-12-3-10-25(17-28)11-13-29(23(25)31)20-5-7-21(30)8-6-20/h4,9,15,20-21,30H,2-3,5-8,10-14,17H2,1H3,(H,27,32)/t20?,21?,25-/m0/s1. The van der Waals surface area contributed by atoms with Crippen LogP contribution in [0.15, 0.2) is 18.2 Å². The molecule has 2 N–H and O–H groups in total. The second-order valence-electron chi connectivity index (χ2n) is 9.62. The third kappa shape index (κ3) is 4.93. The molecule has 1 aromatic rings. The fourth-order valence-electron chi connectivity index (χ4n) is 5.61. The molecule has 3 fully saturated rings. The SMILES string of the molecule is CCCOC(=O)Nc1ccc(N2CCC[C@]3(CCN(C4CCC(O)CC4)C3=O)C2)c(C#N)c1. The molecule has 0 bridgehead atoms. The van der Waals surface area contributed by atoms with Crippen LogP contribution >= 0.6 is 0 Å². The zero-order chi connectivity index (χ0) is 23.4. The minimum atomic E-state index is -0.530. The van der Waals surface area contributed by atoms with Gasteiger partial charge in [0.1, 0.15) is 6.07 Å². The molecule has 1 aromatic carbocycles. The smallest absolute Gasteiger partial charge is 0.411 e. The molecule has 8 nitrogen and oxygen atoms in total. The van der Waals surface area contributed by atoms with Crippen LogP contribution in [0.3, 0.4) is 0 Å². The molecule has 2 heterocycles. The molecule has 2 aliphatic heterocycles. The van der Waals surface area contributed by atoms with E-state index in [0.717, 1.165) is 70.1 Å². The number of hydrogen-bond donors (Lipinski definition) is 2. The number of piperidine rings is 1. The molecule has 8 heteroatoms. The molecule has 2 saturated heterocycles. The van der Waals surface area contributed by atoms with Crippen molar-refractivity contribution < 1.29 is 19.4 Å². The molecular formula is C25H34N4O4. The molecule has 1 atom stereocenters. The molecule has 4 rings (SSSR count). The number of nitriles is 1. The maximum Gasteiger partial charge on any atom is 0.411 e. The molecule has 178 valence electrons. The summed E-state index contributed by atoms with van der Waals surface area (Å²) in [5.74, 6) is 0.240. The topological polar surface area (TPSA) is 106 Å². The van der Waals surface area contributed by atoms with Crippen molar-refractivity contribution >= 4 is 23.4 Å². The first-order valence-corrected chi connectivity index (χ1v) is 12.2. The summed E-state index contributed by atoms with van der Waals surface area (Å²) < 4.78 is 5.06. The summed E-state index contributed by atoms with van der Waals surface area (Å²) >= 11 is 0. The monoisotopic (exact) mass is 454 g/mol. The molecule has 33 heavy (non-hydrogen) atoms. The van der Waals surface area contributed by atoms with Crippen molar-refractivity contribution in [3.05, 3.63) is 23.8 Å².